The number of ether oxygens (including phenoxy) is 2. The van der Waals surface area contributed by atoms with Gasteiger partial charge in [-0.25, -0.2) is 0 Å². The van der Waals surface area contributed by atoms with E-state index >= 15 is 0 Å². The van der Waals surface area contributed by atoms with Crippen molar-refractivity contribution in [1.82, 2.24) is 0 Å². The van der Waals surface area contributed by atoms with E-state index in [1.165, 1.54) is 0 Å². The zero-order valence-electron chi connectivity index (χ0n) is 11.0. The molecule has 122 valence electrons. The van der Waals surface area contributed by atoms with Gasteiger partial charge in [-0.15, -0.1) is 0 Å². The van der Waals surface area contributed by atoms with Crippen LogP contribution in [-0.2, 0) is 6.42 Å². The Morgan fingerprint density at radius 2 is 1.36 bits per heavy atom. The van der Waals surface area contributed by atoms with Gasteiger partial charge in [-0.3, -0.25) is 4.79 Å². The van der Waals surface area contributed by atoms with Crippen molar-refractivity contribution in [1.29, 1.82) is 0 Å². The standard InChI is InChI=1S/C13H10F6O3/c14-12(15,16)5-21-10-3-7-1-2-9(20)8(7)4-11(10)22-6-13(17,18)19/h3-4H,1-2,5-6H2. The molecular weight excluding hydrogens is 318 g/mol. The molecule has 0 heterocycles. The Labute approximate surface area is 120 Å². The van der Waals surface area contributed by atoms with Crippen LogP contribution in [-0.4, -0.2) is 31.3 Å². The Balaban J connectivity index is 2.27. The van der Waals surface area contributed by atoms with Crippen molar-refractivity contribution in [3.8, 4) is 11.5 Å². The molecule has 0 radical (unpaired) electrons. The molecule has 1 aliphatic carbocycles. The van der Waals surface area contributed by atoms with E-state index in [4.69, 9.17) is 0 Å². The molecule has 0 spiro atoms. The van der Waals surface area contributed by atoms with Crippen LogP contribution in [0.5, 0.6) is 11.5 Å². The molecule has 9 heteroatoms. The Hall–Kier alpha value is -1.93. The van der Waals surface area contributed by atoms with Gasteiger partial charge in [0.05, 0.1) is 0 Å². The lowest BCUT2D eigenvalue weighted by molar-refractivity contribution is -0.158. The maximum absolute atomic E-state index is 12.2. The Morgan fingerprint density at radius 3 is 1.86 bits per heavy atom. The summed E-state index contributed by atoms with van der Waals surface area (Å²) in [6, 6.07) is 2.12. The van der Waals surface area contributed by atoms with Gasteiger partial charge in [-0.1, -0.05) is 0 Å². The summed E-state index contributed by atoms with van der Waals surface area (Å²) < 4.78 is 82.1. The van der Waals surface area contributed by atoms with Gasteiger partial charge in [0.2, 0.25) is 0 Å². The summed E-state index contributed by atoms with van der Waals surface area (Å²) >= 11 is 0. The van der Waals surface area contributed by atoms with Gasteiger partial charge in [0.15, 0.2) is 30.5 Å². The van der Waals surface area contributed by atoms with Crippen LogP contribution in [0.2, 0.25) is 0 Å². The SMILES string of the molecule is O=C1CCc2cc(OCC(F)(F)F)c(OCC(F)(F)F)cc21. The molecule has 0 bridgehead atoms. The van der Waals surface area contributed by atoms with Crippen LogP contribution in [0.15, 0.2) is 12.1 Å². The van der Waals surface area contributed by atoms with E-state index in [1.807, 2.05) is 0 Å². The maximum Gasteiger partial charge on any atom is 0.422 e. The number of aryl methyl sites for hydroxylation is 1. The van der Waals surface area contributed by atoms with Crippen molar-refractivity contribution in [2.24, 2.45) is 0 Å². The minimum Gasteiger partial charge on any atom is -0.480 e. The van der Waals surface area contributed by atoms with Crippen molar-refractivity contribution in [3.63, 3.8) is 0 Å². The van der Waals surface area contributed by atoms with Crippen molar-refractivity contribution in [2.45, 2.75) is 25.2 Å². The molecule has 1 aromatic rings. The Kier molecular flexibility index (Phi) is 4.25. The van der Waals surface area contributed by atoms with Crippen molar-refractivity contribution in [2.75, 3.05) is 13.2 Å². The summed E-state index contributed by atoms with van der Waals surface area (Å²) in [5.41, 5.74) is 0.582. The van der Waals surface area contributed by atoms with E-state index < -0.39 is 37.1 Å². The molecule has 0 unspecified atom stereocenters. The number of Topliss-reactive ketones (excluding diaryl/α,β-unsaturated/α-hetero) is 1. The molecule has 0 fully saturated rings. The van der Waals surface area contributed by atoms with E-state index in [0.717, 1.165) is 12.1 Å². The van der Waals surface area contributed by atoms with E-state index in [-0.39, 0.29) is 17.8 Å². The molecule has 0 atom stereocenters. The lowest BCUT2D eigenvalue weighted by atomic mass is 10.1. The van der Waals surface area contributed by atoms with Crippen molar-refractivity contribution >= 4 is 5.78 Å². The third-order valence-corrected chi connectivity index (χ3v) is 2.87. The smallest absolute Gasteiger partial charge is 0.422 e. The fraction of sp³-hybridized carbons (Fsp3) is 0.462. The number of alkyl halides is 6. The third-order valence-electron chi connectivity index (χ3n) is 2.87. The molecule has 0 amide bonds. The van der Waals surface area contributed by atoms with Crippen molar-refractivity contribution < 1.29 is 40.6 Å². The van der Waals surface area contributed by atoms with E-state index in [9.17, 15) is 31.1 Å². The zero-order chi connectivity index (χ0) is 16.5. The quantitative estimate of drug-likeness (QED) is 0.791. The van der Waals surface area contributed by atoms with Gasteiger partial charge in [0.1, 0.15) is 0 Å². The van der Waals surface area contributed by atoms with Gasteiger partial charge < -0.3 is 9.47 Å². The Bertz CT molecular complexity index is 576. The molecule has 2 rings (SSSR count). The summed E-state index contributed by atoms with van der Waals surface area (Å²) in [6.45, 7) is -3.36. The van der Waals surface area contributed by atoms with Crippen LogP contribution in [0.25, 0.3) is 0 Å². The van der Waals surface area contributed by atoms with Crippen LogP contribution in [0, 0.1) is 0 Å². The second-order valence-electron chi connectivity index (χ2n) is 4.69. The Morgan fingerprint density at radius 1 is 0.864 bits per heavy atom. The number of benzene rings is 1. The molecule has 1 aromatic carbocycles. The lowest BCUT2D eigenvalue weighted by Gasteiger charge is -2.16. The number of ketones is 1. The summed E-state index contributed by atoms with van der Waals surface area (Å²) in [5, 5.41) is 0. The highest BCUT2D eigenvalue weighted by atomic mass is 19.4. The minimum atomic E-state index is -4.66. The maximum atomic E-state index is 12.2. The van der Waals surface area contributed by atoms with Gasteiger partial charge in [0, 0.05) is 12.0 Å². The number of halogens is 6. The van der Waals surface area contributed by atoms with Gasteiger partial charge in [0.25, 0.3) is 0 Å². The van der Waals surface area contributed by atoms with Crippen molar-refractivity contribution in [3.05, 3.63) is 23.3 Å². The lowest BCUT2D eigenvalue weighted by Crippen LogP contribution is -2.21. The van der Waals surface area contributed by atoms with Crippen LogP contribution >= 0.6 is 0 Å². The first-order valence-corrected chi connectivity index (χ1v) is 6.14. The molecule has 0 N–H and O–H groups in total. The molecule has 22 heavy (non-hydrogen) atoms. The average Bonchev–Trinajstić information content (AvgIpc) is 2.73. The van der Waals surface area contributed by atoms with Crippen LogP contribution < -0.4 is 9.47 Å². The first kappa shape index (κ1) is 16.4. The van der Waals surface area contributed by atoms with Crippen LogP contribution in [0.1, 0.15) is 22.3 Å². The average molecular weight is 328 g/mol. The highest BCUT2D eigenvalue weighted by molar-refractivity contribution is 6.01. The predicted octanol–water partition coefficient (Wildman–Crippen LogP) is 3.70. The number of hydrogen-bond acceptors (Lipinski definition) is 3. The predicted molar refractivity (Wildman–Crippen MR) is 62.2 cm³/mol. The normalized spacial score (nSPS) is 14.9. The molecule has 1 aliphatic rings. The molecule has 3 nitrogen and oxygen atoms in total. The first-order chi connectivity index (χ1) is 10.1. The minimum absolute atomic E-state index is 0.150. The molecule has 0 aromatic heterocycles. The fourth-order valence-corrected chi connectivity index (χ4v) is 2.00. The number of hydrogen-bond donors (Lipinski definition) is 0. The van der Waals surface area contributed by atoms with Gasteiger partial charge in [-0.05, 0) is 24.1 Å². The zero-order valence-corrected chi connectivity index (χ0v) is 11.0. The van der Waals surface area contributed by atoms with E-state index in [2.05, 4.69) is 9.47 Å². The number of rotatable bonds is 4. The molecule has 0 saturated heterocycles. The summed E-state index contributed by atoms with van der Waals surface area (Å²) in [6.07, 6.45) is -8.85. The number of carbonyl (C=O) groups is 1. The van der Waals surface area contributed by atoms with E-state index in [1.54, 1.807) is 0 Å². The monoisotopic (exact) mass is 328 g/mol. The third kappa shape index (κ3) is 4.28. The summed E-state index contributed by atoms with van der Waals surface area (Å²) in [7, 11) is 0. The highest BCUT2D eigenvalue weighted by Gasteiger charge is 2.32. The summed E-state index contributed by atoms with van der Waals surface area (Å²) in [4.78, 5) is 11.5. The topological polar surface area (TPSA) is 35.5 Å². The highest BCUT2D eigenvalue weighted by Crippen LogP contribution is 2.36. The molecular formula is C13H10F6O3. The first-order valence-electron chi connectivity index (χ1n) is 6.14. The van der Waals surface area contributed by atoms with Crippen LogP contribution in [0.4, 0.5) is 26.3 Å². The number of fused-ring (bicyclic) bond motifs is 1. The summed E-state index contributed by atoms with van der Waals surface area (Å²) in [5.74, 6) is -1.29. The second-order valence-corrected chi connectivity index (χ2v) is 4.69. The molecule has 0 aliphatic heterocycles. The van der Waals surface area contributed by atoms with Crippen LogP contribution in [0.3, 0.4) is 0 Å². The largest absolute Gasteiger partial charge is 0.480 e. The second kappa shape index (κ2) is 5.69. The number of carbonyl (C=O) groups excluding carboxylic acids is 1. The molecule has 0 saturated carbocycles. The van der Waals surface area contributed by atoms with E-state index in [0.29, 0.717) is 12.0 Å². The fourth-order valence-electron chi connectivity index (χ4n) is 2.00. The van der Waals surface area contributed by atoms with Gasteiger partial charge >= 0.3 is 12.4 Å². The van der Waals surface area contributed by atoms with Gasteiger partial charge in [-0.2, -0.15) is 26.3 Å².